The number of aromatic nitrogens is 5. The molecular formula is C23H20N6O2. The van der Waals surface area contributed by atoms with E-state index in [1.165, 1.54) is 0 Å². The SMILES string of the molecule is CN(Cc1nn(C)c2ccccc12)c1ccc(Oc2nc(O)c3ccncc3n2)cc1. The third-order valence-corrected chi connectivity index (χ3v) is 5.17. The standard InChI is InChI=1S/C23H20N6O2/c1-28(14-20-17-5-3-4-6-21(17)29(2)27-20)15-7-9-16(10-8-15)31-23-25-19-13-24-12-11-18(19)22(30)26-23/h3-13H,14H2,1-2H3,(H,25,26,30). The first-order chi connectivity index (χ1) is 15.1. The monoisotopic (exact) mass is 412 g/mol. The van der Waals surface area contributed by atoms with Gasteiger partial charge in [-0.1, -0.05) is 18.2 Å². The summed E-state index contributed by atoms with van der Waals surface area (Å²) in [7, 11) is 3.98. The van der Waals surface area contributed by atoms with Crippen molar-refractivity contribution in [1.82, 2.24) is 24.7 Å². The summed E-state index contributed by atoms with van der Waals surface area (Å²) in [5.41, 5.74) is 3.68. The normalized spacial score (nSPS) is 11.2. The number of hydrogen-bond donors (Lipinski definition) is 1. The molecule has 0 fully saturated rings. The summed E-state index contributed by atoms with van der Waals surface area (Å²) >= 11 is 0. The molecule has 0 saturated carbocycles. The number of ether oxygens (including phenoxy) is 1. The van der Waals surface area contributed by atoms with Gasteiger partial charge in [0.2, 0.25) is 5.88 Å². The van der Waals surface area contributed by atoms with Crippen molar-refractivity contribution in [1.29, 1.82) is 0 Å². The number of pyridine rings is 1. The highest BCUT2D eigenvalue weighted by molar-refractivity contribution is 5.83. The van der Waals surface area contributed by atoms with Gasteiger partial charge in [-0.25, -0.2) is 0 Å². The number of fused-ring (bicyclic) bond motifs is 2. The van der Waals surface area contributed by atoms with E-state index in [1.54, 1.807) is 18.5 Å². The molecule has 5 aromatic rings. The molecule has 31 heavy (non-hydrogen) atoms. The molecule has 2 aromatic carbocycles. The quantitative estimate of drug-likeness (QED) is 0.466. The fraction of sp³-hybridized carbons (Fsp3) is 0.130. The fourth-order valence-corrected chi connectivity index (χ4v) is 3.58. The molecule has 0 unspecified atom stereocenters. The number of aromatic hydroxyl groups is 1. The molecule has 0 atom stereocenters. The van der Waals surface area contributed by atoms with Gasteiger partial charge in [0.05, 0.1) is 34.9 Å². The Morgan fingerprint density at radius 1 is 1.00 bits per heavy atom. The van der Waals surface area contributed by atoms with Gasteiger partial charge in [-0.15, -0.1) is 0 Å². The van der Waals surface area contributed by atoms with Crippen LogP contribution in [0.3, 0.4) is 0 Å². The molecule has 0 spiro atoms. The third kappa shape index (κ3) is 3.59. The van der Waals surface area contributed by atoms with Crippen LogP contribution in [0.5, 0.6) is 17.6 Å². The number of aryl methyl sites for hydroxylation is 1. The summed E-state index contributed by atoms with van der Waals surface area (Å²) in [5, 5.41) is 16.4. The summed E-state index contributed by atoms with van der Waals surface area (Å²) in [5.74, 6) is 0.435. The molecule has 8 nitrogen and oxygen atoms in total. The Morgan fingerprint density at radius 2 is 1.81 bits per heavy atom. The van der Waals surface area contributed by atoms with Crippen LogP contribution in [0.4, 0.5) is 5.69 Å². The molecule has 0 radical (unpaired) electrons. The minimum atomic E-state index is -0.138. The van der Waals surface area contributed by atoms with Gasteiger partial charge in [0.15, 0.2) is 0 Å². The summed E-state index contributed by atoms with van der Waals surface area (Å²) in [4.78, 5) is 14.5. The molecule has 0 aliphatic carbocycles. The Kier molecular flexibility index (Phi) is 4.59. The zero-order chi connectivity index (χ0) is 21.4. The van der Waals surface area contributed by atoms with E-state index in [0.29, 0.717) is 23.2 Å². The van der Waals surface area contributed by atoms with E-state index < -0.39 is 0 Å². The molecule has 0 aliphatic rings. The minimum absolute atomic E-state index is 0.0686. The maximum Gasteiger partial charge on any atom is 0.325 e. The van der Waals surface area contributed by atoms with Gasteiger partial charge in [-0.2, -0.15) is 15.1 Å². The van der Waals surface area contributed by atoms with Crippen molar-refractivity contribution < 1.29 is 9.84 Å². The van der Waals surface area contributed by atoms with Crippen molar-refractivity contribution >= 4 is 27.5 Å². The van der Waals surface area contributed by atoms with Crippen LogP contribution in [0.15, 0.2) is 67.0 Å². The Labute approximate surface area is 178 Å². The van der Waals surface area contributed by atoms with Gasteiger partial charge >= 0.3 is 6.01 Å². The summed E-state index contributed by atoms with van der Waals surface area (Å²) in [6, 6.07) is 17.5. The van der Waals surface area contributed by atoms with Gasteiger partial charge in [0, 0.05) is 31.4 Å². The second-order valence-corrected chi connectivity index (χ2v) is 7.26. The van der Waals surface area contributed by atoms with Crippen molar-refractivity contribution in [3.63, 3.8) is 0 Å². The number of rotatable bonds is 5. The molecule has 0 aliphatic heterocycles. The molecular weight excluding hydrogens is 392 g/mol. The lowest BCUT2D eigenvalue weighted by Crippen LogP contribution is -2.16. The van der Waals surface area contributed by atoms with Crippen molar-refractivity contribution in [2.45, 2.75) is 6.54 Å². The first kappa shape index (κ1) is 18.8. The molecule has 154 valence electrons. The van der Waals surface area contributed by atoms with Crippen LogP contribution >= 0.6 is 0 Å². The van der Waals surface area contributed by atoms with Crippen LogP contribution < -0.4 is 9.64 Å². The number of benzene rings is 2. The molecule has 5 rings (SSSR count). The van der Waals surface area contributed by atoms with Gasteiger partial charge in [-0.3, -0.25) is 9.67 Å². The smallest absolute Gasteiger partial charge is 0.325 e. The van der Waals surface area contributed by atoms with Crippen molar-refractivity contribution in [3.8, 4) is 17.6 Å². The van der Waals surface area contributed by atoms with E-state index >= 15 is 0 Å². The third-order valence-electron chi connectivity index (χ3n) is 5.17. The molecule has 0 bridgehead atoms. The minimum Gasteiger partial charge on any atom is -0.493 e. The van der Waals surface area contributed by atoms with Crippen molar-refractivity contribution in [3.05, 3.63) is 72.7 Å². The number of para-hydroxylation sites is 1. The molecule has 0 amide bonds. The second-order valence-electron chi connectivity index (χ2n) is 7.26. The predicted octanol–water partition coefficient (Wildman–Crippen LogP) is 4.05. The molecule has 3 heterocycles. The van der Waals surface area contributed by atoms with Crippen LogP contribution in [0, 0.1) is 0 Å². The van der Waals surface area contributed by atoms with E-state index in [1.807, 2.05) is 55.2 Å². The van der Waals surface area contributed by atoms with Crippen molar-refractivity contribution in [2.75, 3.05) is 11.9 Å². The van der Waals surface area contributed by atoms with Crippen LogP contribution in [0.2, 0.25) is 0 Å². The van der Waals surface area contributed by atoms with E-state index in [-0.39, 0.29) is 11.9 Å². The van der Waals surface area contributed by atoms with E-state index in [9.17, 15) is 5.11 Å². The Hall–Kier alpha value is -4.20. The van der Waals surface area contributed by atoms with E-state index in [4.69, 9.17) is 4.74 Å². The molecule has 8 heteroatoms. The van der Waals surface area contributed by atoms with E-state index in [0.717, 1.165) is 22.3 Å². The van der Waals surface area contributed by atoms with Gasteiger partial charge in [0.25, 0.3) is 0 Å². The number of anilines is 1. The lowest BCUT2D eigenvalue weighted by atomic mass is 10.2. The molecule has 3 aromatic heterocycles. The Morgan fingerprint density at radius 3 is 2.65 bits per heavy atom. The highest BCUT2D eigenvalue weighted by atomic mass is 16.5. The lowest BCUT2D eigenvalue weighted by molar-refractivity contribution is 0.412. The lowest BCUT2D eigenvalue weighted by Gasteiger charge is -2.18. The second kappa shape index (κ2) is 7.56. The summed E-state index contributed by atoms with van der Waals surface area (Å²) in [6.45, 7) is 0.677. The largest absolute Gasteiger partial charge is 0.493 e. The highest BCUT2D eigenvalue weighted by Crippen LogP contribution is 2.27. The topological polar surface area (TPSA) is 89.2 Å². The van der Waals surface area contributed by atoms with Crippen molar-refractivity contribution in [2.24, 2.45) is 7.05 Å². The van der Waals surface area contributed by atoms with Crippen LogP contribution in [-0.4, -0.2) is 36.9 Å². The zero-order valence-electron chi connectivity index (χ0n) is 17.1. The van der Waals surface area contributed by atoms with Crippen LogP contribution in [0.1, 0.15) is 5.69 Å². The average molecular weight is 412 g/mol. The van der Waals surface area contributed by atoms with Gasteiger partial charge < -0.3 is 14.7 Å². The summed E-state index contributed by atoms with van der Waals surface area (Å²) in [6.07, 6.45) is 3.14. The number of nitrogens with zero attached hydrogens (tertiary/aromatic N) is 6. The molecule has 1 N–H and O–H groups in total. The molecule has 0 saturated heterocycles. The van der Waals surface area contributed by atoms with Gasteiger partial charge in [0.1, 0.15) is 5.75 Å². The van der Waals surface area contributed by atoms with Crippen LogP contribution in [0.25, 0.3) is 21.8 Å². The fourth-order valence-electron chi connectivity index (χ4n) is 3.58. The zero-order valence-corrected chi connectivity index (χ0v) is 17.1. The maximum absolute atomic E-state index is 10.1. The highest BCUT2D eigenvalue weighted by Gasteiger charge is 2.12. The Bertz CT molecular complexity index is 1380. The van der Waals surface area contributed by atoms with E-state index in [2.05, 4.69) is 37.1 Å². The average Bonchev–Trinajstić information content (AvgIpc) is 3.10. The maximum atomic E-state index is 10.1. The van der Waals surface area contributed by atoms with Crippen LogP contribution in [-0.2, 0) is 13.6 Å². The van der Waals surface area contributed by atoms with Gasteiger partial charge in [-0.05, 0) is 36.4 Å². The number of hydrogen-bond acceptors (Lipinski definition) is 7. The predicted molar refractivity (Wildman–Crippen MR) is 118 cm³/mol. The first-order valence-corrected chi connectivity index (χ1v) is 9.79. The summed E-state index contributed by atoms with van der Waals surface area (Å²) < 4.78 is 7.64. The Balaban J connectivity index is 1.34. The first-order valence-electron chi connectivity index (χ1n) is 9.79.